The minimum absolute atomic E-state index is 0.729. The average Bonchev–Trinajstić information content (AvgIpc) is 2.23. The van der Waals surface area contributed by atoms with E-state index >= 15 is 0 Å². The van der Waals surface area contributed by atoms with E-state index in [-0.39, 0.29) is 0 Å². The summed E-state index contributed by atoms with van der Waals surface area (Å²) >= 11 is 0. The molecule has 0 aliphatic rings. The summed E-state index contributed by atoms with van der Waals surface area (Å²) in [5.74, 6) is 0. The Balaban J connectivity index is 0. The van der Waals surface area contributed by atoms with Gasteiger partial charge in [-0.1, -0.05) is 44.2 Å². The maximum Gasteiger partial charge on any atom is 0.150 e. The molecule has 0 atom stereocenters. The second-order valence-corrected chi connectivity index (χ2v) is 2.03. The zero-order valence-corrected chi connectivity index (χ0v) is 8.87. The van der Waals surface area contributed by atoms with E-state index in [1.807, 2.05) is 46.1 Å². The highest BCUT2D eigenvalue weighted by Gasteiger charge is 1.79. The first-order valence-electron chi connectivity index (χ1n) is 4.44. The van der Waals surface area contributed by atoms with Crippen LogP contribution in [0.25, 0.3) is 0 Å². The third kappa shape index (κ3) is 10.8. The summed E-state index contributed by atoms with van der Waals surface area (Å²) in [6.45, 7) is 4.00. The normalized spacial score (nSPS) is 7.08. The molecule has 0 amide bonds. The number of carbonyl (C=O) groups excluding carboxylic acids is 1. The van der Waals surface area contributed by atoms with Crippen molar-refractivity contribution < 1.29 is 4.79 Å². The van der Waals surface area contributed by atoms with Gasteiger partial charge < -0.3 is 5.32 Å². The first-order chi connectivity index (χ1) is 6.35. The van der Waals surface area contributed by atoms with Gasteiger partial charge in [0.05, 0.1) is 0 Å². The van der Waals surface area contributed by atoms with Crippen LogP contribution in [-0.2, 0) is 0 Å². The largest absolute Gasteiger partial charge is 0.323 e. The second-order valence-electron chi connectivity index (χ2n) is 2.03. The van der Waals surface area contributed by atoms with Gasteiger partial charge in [-0.3, -0.25) is 4.79 Å². The van der Waals surface area contributed by atoms with Crippen molar-refractivity contribution in [3.63, 3.8) is 0 Å². The molecule has 0 radical (unpaired) electrons. The Bertz CT molecular complexity index is 185. The van der Waals surface area contributed by atoms with Crippen molar-refractivity contribution >= 4 is 6.29 Å². The fourth-order valence-electron chi connectivity index (χ4n) is 0.532. The summed E-state index contributed by atoms with van der Waals surface area (Å²) in [7, 11) is 3.75. The molecule has 0 fully saturated rings. The zero-order valence-electron chi connectivity index (χ0n) is 8.87. The maximum atomic E-state index is 10.0. The summed E-state index contributed by atoms with van der Waals surface area (Å²) < 4.78 is 0. The summed E-state index contributed by atoms with van der Waals surface area (Å²) in [6, 6.07) is 9.10. The van der Waals surface area contributed by atoms with E-state index in [4.69, 9.17) is 0 Å². The summed E-state index contributed by atoms with van der Waals surface area (Å²) in [6.07, 6.45) is 0.833. The van der Waals surface area contributed by atoms with Gasteiger partial charge in [-0.05, 0) is 14.1 Å². The smallest absolute Gasteiger partial charge is 0.150 e. The third-order valence-corrected chi connectivity index (χ3v) is 0.936. The molecule has 0 bridgehead atoms. The van der Waals surface area contributed by atoms with Crippen LogP contribution in [0.1, 0.15) is 24.2 Å². The Hall–Kier alpha value is -1.15. The molecule has 13 heavy (non-hydrogen) atoms. The molecule has 0 saturated heterocycles. The van der Waals surface area contributed by atoms with Gasteiger partial charge in [0.1, 0.15) is 6.29 Å². The van der Waals surface area contributed by atoms with Crippen LogP contribution in [-0.4, -0.2) is 20.4 Å². The lowest BCUT2D eigenvalue weighted by molar-refractivity contribution is 0.112. The van der Waals surface area contributed by atoms with Crippen molar-refractivity contribution in [1.82, 2.24) is 5.32 Å². The highest BCUT2D eigenvalue weighted by molar-refractivity contribution is 5.74. The molecule has 1 aromatic rings. The Labute approximate surface area is 81.0 Å². The molecule has 0 aliphatic heterocycles. The van der Waals surface area contributed by atoms with Gasteiger partial charge in [-0.25, -0.2) is 0 Å². The van der Waals surface area contributed by atoms with Gasteiger partial charge in [0.25, 0.3) is 0 Å². The predicted octanol–water partition coefficient (Wildman–Crippen LogP) is 2.36. The number of nitrogens with one attached hydrogen (secondary N) is 1. The zero-order chi connectivity index (χ0) is 10.5. The van der Waals surface area contributed by atoms with Crippen molar-refractivity contribution in [3.8, 4) is 0 Å². The Morgan fingerprint density at radius 2 is 1.46 bits per heavy atom. The van der Waals surface area contributed by atoms with Gasteiger partial charge in [0, 0.05) is 5.56 Å². The SMILES string of the molecule is CC.CNC.O=Cc1ccccc1. The molecule has 0 saturated carbocycles. The van der Waals surface area contributed by atoms with E-state index < -0.39 is 0 Å². The molecule has 0 spiro atoms. The summed E-state index contributed by atoms with van der Waals surface area (Å²) in [4.78, 5) is 10.0. The minimum atomic E-state index is 0.729. The van der Waals surface area contributed by atoms with Crippen LogP contribution in [0.5, 0.6) is 0 Å². The van der Waals surface area contributed by atoms with E-state index in [9.17, 15) is 4.79 Å². The van der Waals surface area contributed by atoms with Gasteiger partial charge >= 0.3 is 0 Å². The highest BCUT2D eigenvalue weighted by Crippen LogP contribution is 1.91. The highest BCUT2D eigenvalue weighted by atomic mass is 16.1. The number of rotatable bonds is 1. The van der Waals surface area contributed by atoms with Gasteiger partial charge in [0.2, 0.25) is 0 Å². The molecule has 1 N–H and O–H groups in total. The van der Waals surface area contributed by atoms with E-state index in [1.165, 1.54) is 0 Å². The van der Waals surface area contributed by atoms with Crippen LogP contribution in [0.4, 0.5) is 0 Å². The molecular formula is C11H19NO. The second kappa shape index (κ2) is 13.4. The van der Waals surface area contributed by atoms with Crippen molar-refractivity contribution in [2.24, 2.45) is 0 Å². The fourth-order valence-corrected chi connectivity index (χ4v) is 0.532. The van der Waals surface area contributed by atoms with Gasteiger partial charge in [-0.2, -0.15) is 0 Å². The standard InChI is InChI=1S/C7H6O.C2H7N.C2H6/c8-6-7-4-2-1-3-5-7;1-3-2;1-2/h1-6H;3H,1-2H3;1-2H3. The van der Waals surface area contributed by atoms with Gasteiger partial charge in [0.15, 0.2) is 0 Å². The quantitative estimate of drug-likeness (QED) is 0.674. The van der Waals surface area contributed by atoms with Crippen LogP contribution < -0.4 is 5.32 Å². The molecule has 1 aromatic carbocycles. The topological polar surface area (TPSA) is 29.1 Å². The molecule has 0 unspecified atom stereocenters. The Kier molecular flexibility index (Phi) is 14.9. The van der Waals surface area contributed by atoms with Crippen LogP contribution in [0.15, 0.2) is 30.3 Å². The number of hydrogen-bond acceptors (Lipinski definition) is 2. The molecule has 0 aliphatic carbocycles. The van der Waals surface area contributed by atoms with Crippen molar-refractivity contribution in [1.29, 1.82) is 0 Å². The minimum Gasteiger partial charge on any atom is -0.323 e. The molecule has 2 nitrogen and oxygen atoms in total. The lowest BCUT2D eigenvalue weighted by Gasteiger charge is -1.81. The van der Waals surface area contributed by atoms with Crippen LogP contribution in [0.2, 0.25) is 0 Å². The van der Waals surface area contributed by atoms with Crippen molar-refractivity contribution in [3.05, 3.63) is 35.9 Å². The number of hydrogen-bond donors (Lipinski definition) is 1. The number of benzene rings is 1. The van der Waals surface area contributed by atoms with Gasteiger partial charge in [-0.15, -0.1) is 0 Å². The Morgan fingerprint density at radius 1 is 1.08 bits per heavy atom. The number of carbonyl (C=O) groups is 1. The van der Waals surface area contributed by atoms with E-state index in [2.05, 4.69) is 5.32 Å². The molecule has 1 rings (SSSR count). The van der Waals surface area contributed by atoms with E-state index in [0.717, 1.165) is 11.8 Å². The van der Waals surface area contributed by atoms with E-state index in [1.54, 1.807) is 12.1 Å². The first-order valence-corrected chi connectivity index (χ1v) is 4.44. The maximum absolute atomic E-state index is 10.0. The summed E-state index contributed by atoms with van der Waals surface area (Å²) in [5, 5.41) is 2.75. The van der Waals surface area contributed by atoms with Crippen molar-refractivity contribution in [2.45, 2.75) is 13.8 Å². The van der Waals surface area contributed by atoms with Crippen LogP contribution in [0.3, 0.4) is 0 Å². The van der Waals surface area contributed by atoms with Crippen molar-refractivity contribution in [2.75, 3.05) is 14.1 Å². The summed E-state index contributed by atoms with van der Waals surface area (Å²) in [5.41, 5.74) is 0.729. The average molecular weight is 181 g/mol. The Morgan fingerprint density at radius 3 is 1.69 bits per heavy atom. The monoisotopic (exact) mass is 181 g/mol. The van der Waals surface area contributed by atoms with E-state index in [0.29, 0.717) is 0 Å². The van der Waals surface area contributed by atoms with Crippen LogP contribution >= 0.6 is 0 Å². The fraction of sp³-hybridized carbons (Fsp3) is 0.364. The lowest BCUT2D eigenvalue weighted by atomic mass is 10.2. The molecule has 0 heterocycles. The first kappa shape index (κ1) is 14.4. The lowest BCUT2D eigenvalue weighted by Crippen LogP contribution is -1.89. The predicted molar refractivity (Wildman–Crippen MR) is 58.2 cm³/mol. The third-order valence-electron chi connectivity index (χ3n) is 0.936. The molecule has 2 heteroatoms. The molecular weight excluding hydrogens is 162 g/mol. The molecule has 0 aromatic heterocycles. The number of aldehydes is 1. The molecule has 74 valence electrons. The van der Waals surface area contributed by atoms with Crippen LogP contribution in [0, 0.1) is 0 Å².